The second kappa shape index (κ2) is 6.79. The lowest BCUT2D eigenvalue weighted by molar-refractivity contribution is 0.307. The van der Waals surface area contributed by atoms with E-state index in [4.69, 9.17) is 5.73 Å². The van der Waals surface area contributed by atoms with Gasteiger partial charge in [0.1, 0.15) is 16.9 Å². The van der Waals surface area contributed by atoms with Crippen molar-refractivity contribution < 1.29 is 0 Å². The number of nitrogens with zero attached hydrogens (tertiary/aromatic N) is 5. The Morgan fingerprint density at radius 1 is 1.16 bits per heavy atom. The number of aromatic nitrogens is 5. The first-order valence-electron chi connectivity index (χ1n) is 8.78. The van der Waals surface area contributed by atoms with Crippen LogP contribution in [0, 0.1) is 6.92 Å². The van der Waals surface area contributed by atoms with Gasteiger partial charge in [-0.25, -0.2) is 9.97 Å². The summed E-state index contributed by atoms with van der Waals surface area (Å²) in [6.07, 6.45) is 1.40. The fourth-order valence-corrected chi connectivity index (χ4v) is 3.28. The second-order valence-corrected chi connectivity index (χ2v) is 6.11. The van der Waals surface area contributed by atoms with Crippen molar-refractivity contribution in [2.75, 3.05) is 25.4 Å². The molecule has 0 aliphatic carbocycles. The quantitative estimate of drug-likeness (QED) is 0.699. The number of fused-ring (bicyclic) bond motifs is 3. The van der Waals surface area contributed by atoms with Crippen LogP contribution in [0.4, 0.5) is 5.95 Å². The molecule has 3 aromatic rings. The Hall–Kier alpha value is -2.48. The topological polar surface area (TPSA) is 105 Å². The summed E-state index contributed by atoms with van der Waals surface area (Å²) in [7, 11) is 0. The highest BCUT2D eigenvalue weighted by Gasteiger charge is 2.18. The summed E-state index contributed by atoms with van der Waals surface area (Å²) in [5.74, 6) is 1.01. The van der Waals surface area contributed by atoms with E-state index in [0.29, 0.717) is 35.2 Å². The van der Waals surface area contributed by atoms with Crippen molar-refractivity contribution in [3.05, 3.63) is 27.6 Å². The summed E-state index contributed by atoms with van der Waals surface area (Å²) < 4.78 is 1.82. The van der Waals surface area contributed by atoms with Crippen LogP contribution in [0.5, 0.6) is 0 Å². The average Bonchev–Trinajstić information content (AvgIpc) is 2.94. The van der Waals surface area contributed by atoms with Gasteiger partial charge in [-0.2, -0.15) is 4.98 Å². The van der Waals surface area contributed by atoms with Gasteiger partial charge in [-0.05, 0) is 20.0 Å². The molecule has 0 fully saturated rings. The first-order chi connectivity index (χ1) is 12.0. The molecule has 0 spiro atoms. The van der Waals surface area contributed by atoms with Crippen LogP contribution in [-0.2, 0) is 12.8 Å². The molecule has 0 aliphatic rings. The van der Waals surface area contributed by atoms with E-state index in [9.17, 15) is 4.79 Å². The maximum atomic E-state index is 12.6. The maximum Gasteiger partial charge on any atom is 0.274 e. The first-order valence-corrected chi connectivity index (χ1v) is 8.78. The molecular weight excluding hydrogens is 318 g/mol. The van der Waals surface area contributed by atoms with E-state index in [2.05, 4.69) is 38.7 Å². The minimum atomic E-state index is -0.172. The smallest absolute Gasteiger partial charge is 0.274 e. The average molecular weight is 343 g/mol. The van der Waals surface area contributed by atoms with Crippen LogP contribution in [0.1, 0.15) is 38.0 Å². The number of hydrogen-bond donors (Lipinski definition) is 2. The summed E-state index contributed by atoms with van der Waals surface area (Å²) in [5.41, 5.74) is 9.04. The van der Waals surface area contributed by atoms with E-state index in [1.807, 2.05) is 18.2 Å². The van der Waals surface area contributed by atoms with E-state index in [1.54, 1.807) is 0 Å². The van der Waals surface area contributed by atoms with E-state index in [0.717, 1.165) is 31.2 Å². The lowest BCUT2D eigenvalue weighted by atomic mass is 10.2. The van der Waals surface area contributed by atoms with Gasteiger partial charge in [0.25, 0.3) is 5.56 Å². The number of H-pyrrole nitrogens is 1. The largest absolute Gasteiger partial charge is 0.368 e. The predicted octanol–water partition coefficient (Wildman–Crippen LogP) is 1.30. The molecule has 3 rings (SSSR count). The molecule has 8 nitrogen and oxygen atoms in total. The van der Waals surface area contributed by atoms with Crippen molar-refractivity contribution in [1.82, 2.24) is 29.2 Å². The van der Waals surface area contributed by atoms with Crippen molar-refractivity contribution >= 4 is 22.6 Å². The number of imidazole rings is 1. The molecule has 0 bridgehead atoms. The third-order valence-electron chi connectivity index (χ3n) is 4.64. The molecule has 0 aromatic carbocycles. The minimum absolute atomic E-state index is 0.172. The Bertz CT molecular complexity index is 969. The van der Waals surface area contributed by atoms with Crippen LogP contribution in [0.25, 0.3) is 16.7 Å². The van der Waals surface area contributed by atoms with Crippen LogP contribution in [0.3, 0.4) is 0 Å². The summed E-state index contributed by atoms with van der Waals surface area (Å²) in [6.45, 7) is 10.9. The molecule has 0 unspecified atom stereocenters. The summed E-state index contributed by atoms with van der Waals surface area (Å²) in [6, 6.07) is 0. The van der Waals surface area contributed by atoms with Crippen LogP contribution >= 0.6 is 0 Å². The molecule has 0 saturated carbocycles. The highest BCUT2D eigenvalue weighted by molar-refractivity contribution is 5.78. The highest BCUT2D eigenvalue weighted by atomic mass is 16.1. The van der Waals surface area contributed by atoms with Gasteiger partial charge in [-0.3, -0.25) is 9.20 Å². The molecule has 0 atom stereocenters. The number of anilines is 1. The van der Waals surface area contributed by atoms with E-state index < -0.39 is 0 Å². The normalized spacial score (nSPS) is 11.9. The summed E-state index contributed by atoms with van der Waals surface area (Å²) in [4.78, 5) is 31.2. The van der Waals surface area contributed by atoms with Crippen LogP contribution < -0.4 is 11.3 Å². The van der Waals surface area contributed by atoms with Gasteiger partial charge in [-0.15, -0.1) is 0 Å². The number of aryl methyl sites for hydroxylation is 2. The summed E-state index contributed by atoms with van der Waals surface area (Å²) in [5, 5.41) is 0. The molecule has 0 saturated heterocycles. The number of nitrogens with two attached hydrogens (primary N) is 1. The number of aromatic amines is 1. The van der Waals surface area contributed by atoms with Crippen molar-refractivity contribution in [3.63, 3.8) is 0 Å². The Morgan fingerprint density at radius 3 is 2.52 bits per heavy atom. The monoisotopic (exact) mass is 343 g/mol. The Morgan fingerprint density at radius 2 is 1.88 bits per heavy atom. The van der Waals surface area contributed by atoms with Crippen molar-refractivity contribution in [1.29, 1.82) is 0 Å². The number of hydrogen-bond acceptors (Lipinski definition) is 6. The molecule has 3 aromatic heterocycles. The molecule has 134 valence electrons. The van der Waals surface area contributed by atoms with Gasteiger partial charge in [-0.1, -0.05) is 20.8 Å². The highest BCUT2D eigenvalue weighted by Crippen LogP contribution is 2.19. The zero-order valence-electron chi connectivity index (χ0n) is 15.3. The summed E-state index contributed by atoms with van der Waals surface area (Å²) >= 11 is 0. The zero-order chi connectivity index (χ0) is 18.1. The SMILES string of the molecule is CCc1nc(C)c2c(=O)[nH]c3c(CCN(CC)CC)nc(N)nc3n12. The third-order valence-corrected chi connectivity index (χ3v) is 4.64. The Labute approximate surface area is 146 Å². The van der Waals surface area contributed by atoms with E-state index in [1.165, 1.54) is 0 Å². The number of nitrogen functional groups attached to an aromatic ring is 1. The van der Waals surface area contributed by atoms with Crippen molar-refractivity contribution in [3.8, 4) is 0 Å². The van der Waals surface area contributed by atoms with Gasteiger partial charge >= 0.3 is 0 Å². The molecule has 0 aliphatic heterocycles. The Kier molecular flexibility index (Phi) is 4.71. The van der Waals surface area contributed by atoms with E-state index >= 15 is 0 Å². The fourth-order valence-electron chi connectivity index (χ4n) is 3.28. The molecule has 3 N–H and O–H groups in total. The molecular formula is C17H25N7O. The predicted molar refractivity (Wildman–Crippen MR) is 98.9 cm³/mol. The third kappa shape index (κ3) is 2.97. The number of nitrogens with one attached hydrogen (secondary N) is 1. The number of rotatable bonds is 6. The minimum Gasteiger partial charge on any atom is -0.368 e. The van der Waals surface area contributed by atoms with Gasteiger partial charge in [0.15, 0.2) is 5.65 Å². The van der Waals surface area contributed by atoms with Gasteiger partial charge in [0.2, 0.25) is 5.95 Å². The lowest BCUT2D eigenvalue weighted by Gasteiger charge is -2.18. The standard InChI is InChI=1S/C17H25N7O/c1-5-12-19-10(4)14-16(25)21-13-11(8-9-23(6-2)7-3)20-17(18)22-15(13)24(12)14/h5-9H2,1-4H3,(H,21,25)(H2,18,20,22). The van der Waals surface area contributed by atoms with Crippen LogP contribution in [-0.4, -0.2) is 48.9 Å². The zero-order valence-corrected chi connectivity index (χ0v) is 15.3. The fraction of sp³-hybridized carbons (Fsp3) is 0.529. The maximum absolute atomic E-state index is 12.6. The Balaban J connectivity index is 2.25. The first kappa shape index (κ1) is 17.3. The van der Waals surface area contributed by atoms with E-state index in [-0.39, 0.29) is 11.5 Å². The van der Waals surface area contributed by atoms with Crippen LogP contribution in [0.2, 0.25) is 0 Å². The molecule has 0 amide bonds. The van der Waals surface area contributed by atoms with Crippen molar-refractivity contribution in [2.45, 2.75) is 40.5 Å². The lowest BCUT2D eigenvalue weighted by Crippen LogP contribution is -2.26. The molecule has 8 heteroatoms. The van der Waals surface area contributed by atoms with Gasteiger partial charge in [0.05, 0.1) is 11.4 Å². The van der Waals surface area contributed by atoms with Gasteiger partial charge < -0.3 is 15.6 Å². The molecule has 3 heterocycles. The molecule has 0 radical (unpaired) electrons. The van der Waals surface area contributed by atoms with Crippen LogP contribution in [0.15, 0.2) is 4.79 Å². The van der Waals surface area contributed by atoms with Crippen molar-refractivity contribution in [2.24, 2.45) is 0 Å². The second-order valence-electron chi connectivity index (χ2n) is 6.11. The molecule has 25 heavy (non-hydrogen) atoms. The van der Waals surface area contributed by atoms with Gasteiger partial charge in [0, 0.05) is 19.4 Å². The number of likely N-dealkylation sites (N-methyl/N-ethyl adjacent to an activating group) is 1.